The number of aromatic nitrogens is 1. The van der Waals surface area contributed by atoms with E-state index in [9.17, 15) is 9.59 Å². The van der Waals surface area contributed by atoms with Crippen LogP contribution in [0, 0.1) is 0 Å². The number of nitrogens with zero attached hydrogens (tertiary/aromatic N) is 2. The predicted molar refractivity (Wildman–Crippen MR) is 79.4 cm³/mol. The van der Waals surface area contributed by atoms with E-state index in [-0.39, 0.29) is 17.5 Å². The fraction of sp³-hybridized carbons (Fsp3) is 0.438. The molecule has 0 radical (unpaired) electrons. The van der Waals surface area contributed by atoms with Gasteiger partial charge < -0.3 is 18.8 Å². The van der Waals surface area contributed by atoms with Crippen LogP contribution in [0.3, 0.4) is 0 Å². The Morgan fingerprint density at radius 1 is 1.43 bits per heavy atom. The van der Waals surface area contributed by atoms with E-state index in [0.29, 0.717) is 36.6 Å². The molecule has 1 saturated heterocycles. The molecule has 0 bridgehead atoms. The quantitative estimate of drug-likeness (QED) is 0.930. The van der Waals surface area contributed by atoms with Crippen molar-refractivity contribution < 1.29 is 23.5 Å². The molecule has 2 aromatic heterocycles. The molecule has 0 saturated carbocycles. The standard InChI is InChI=1S/C16H18N2O5/c1-2-12-11(5-7-22-12)15(19)18-6-3-4-10(8-18)14-13(16(20)21)17-9-23-14/h5,7,9-10H,2-4,6,8H2,1H3,(H,20,21). The number of piperidine rings is 1. The van der Waals surface area contributed by atoms with Crippen LogP contribution in [0.1, 0.15) is 58.1 Å². The highest BCUT2D eigenvalue weighted by molar-refractivity contribution is 5.95. The first kappa shape index (κ1) is 15.3. The molecular formula is C16H18N2O5. The molecule has 23 heavy (non-hydrogen) atoms. The first-order valence-electron chi connectivity index (χ1n) is 7.64. The molecule has 1 N–H and O–H groups in total. The lowest BCUT2D eigenvalue weighted by atomic mass is 9.93. The number of furan rings is 1. The van der Waals surface area contributed by atoms with Crippen molar-refractivity contribution in [3.05, 3.63) is 41.5 Å². The SMILES string of the molecule is CCc1occc1C(=O)N1CCCC(c2ocnc2C(=O)O)C1. The Kier molecular flexibility index (Phi) is 4.18. The number of oxazole rings is 1. The number of aromatic carboxylic acids is 1. The molecule has 0 aromatic carbocycles. The van der Waals surface area contributed by atoms with E-state index in [1.807, 2.05) is 6.92 Å². The maximum atomic E-state index is 12.7. The topological polar surface area (TPSA) is 96.8 Å². The fourth-order valence-electron chi connectivity index (χ4n) is 3.06. The Bertz CT molecular complexity index is 718. The fourth-order valence-corrected chi connectivity index (χ4v) is 3.06. The number of aryl methyl sites for hydroxylation is 1. The van der Waals surface area contributed by atoms with Gasteiger partial charge in [-0.1, -0.05) is 6.92 Å². The summed E-state index contributed by atoms with van der Waals surface area (Å²) in [5.74, 6) is -0.337. The summed E-state index contributed by atoms with van der Waals surface area (Å²) in [6, 6.07) is 1.68. The minimum Gasteiger partial charge on any atom is -0.476 e. The molecule has 122 valence electrons. The molecule has 1 fully saturated rings. The van der Waals surface area contributed by atoms with Crippen LogP contribution in [0.15, 0.2) is 27.6 Å². The van der Waals surface area contributed by atoms with Crippen LogP contribution in [0.2, 0.25) is 0 Å². The van der Waals surface area contributed by atoms with E-state index in [2.05, 4.69) is 4.98 Å². The van der Waals surface area contributed by atoms with E-state index < -0.39 is 5.97 Å². The summed E-state index contributed by atoms with van der Waals surface area (Å²) in [5, 5.41) is 9.16. The van der Waals surface area contributed by atoms with Gasteiger partial charge in [-0.05, 0) is 18.9 Å². The van der Waals surface area contributed by atoms with Crippen LogP contribution >= 0.6 is 0 Å². The second-order valence-corrected chi connectivity index (χ2v) is 5.57. The molecule has 7 heteroatoms. The Morgan fingerprint density at radius 3 is 3.00 bits per heavy atom. The average Bonchev–Trinajstić information content (AvgIpc) is 3.23. The van der Waals surface area contributed by atoms with Crippen molar-refractivity contribution in [3.63, 3.8) is 0 Å². The Balaban J connectivity index is 1.79. The van der Waals surface area contributed by atoms with E-state index in [4.69, 9.17) is 13.9 Å². The van der Waals surface area contributed by atoms with Crippen LogP contribution in [-0.2, 0) is 6.42 Å². The molecule has 3 rings (SSSR count). The van der Waals surface area contributed by atoms with Gasteiger partial charge in [0, 0.05) is 25.4 Å². The number of hydrogen-bond acceptors (Lipinski definition) is 5. The molecule has 1 aliphatic rings. The number of carboxylic acids is 1. The highest BCUT2D eigenvalue weighted by Crippen LogP contribution is 2.30. The lowest BCUT2D eigenvalue weighted by Crippen LogP contribution is -2.39. The zero-order valence-corrected chi connectivity index (χ0v) is 12.8. The molecule has 0 aliphatic carbocycles. The molecular weight excluding hydrogens is 300 g/mol. The summed E-state index contributed by atoms with van der Waals surface area (Å²) in [5.41, 5.74) is 0.506. The van der Waals surface area contributed by atoms with E-state index in [0.717, 1.165) is 19.2 Å². The van der Waals surface area contributed by atoms with Crippen molar-refractivity contribution in [1.82, 2.24) is 9.88 Å². The Labute approximate surface area is 132 Å². The van der Waals surface area contributed by atoms with Gasteiger partial charge in [0.25, 0.3) is 5.91 Å². The number of amides is 1. The third kappa shape index (κ3) is 2.86. The van der Waals surface area contributed by atoms with Crippen molar-refractivity contribution in [1.29, 1.82) is 0 Å². The molecule has 1 amide bonds. The van der Waals surface area contributed by atoms with Gasteiger partial charge in [-0.3, -0.25) is 4.79 Å². The molecule has 1 aliphatic heterocycles. The van der Waals surface area contributed by atoms with Gasteiger partial charge in [0.15, 0.2) is 12.1 Å². The van der Waals surface area contributed by atoms with Crippen LogP contribution in [0.4, 0.5) is 0 Å². The third-order valence-corrected chi connectivity index (χ3v) is 4.17. The van der Waals surface area contributed by atoms with Crippen molar-refractivity contribution in [2.24, 2.45) is 0 Å². The van der Waals surface area contributed by atoms with Gasteiger partial charge in [-0.15, -0.1) is 0 Å². The van der Waals surface area contributed by atoms with Gasteiger partial charge in [0.1, 0.15) is 11.5 Å². The van der Waals surface area contributed by atoms with Gasteiger partial charge in [0.2, 0.25) is 0 Å². The van der Waals surface area contributed by atoms with Crippen LogP contribution < -0.4 is 0 Å². The van der Waals surface area contributed by atoms with Gasteiger partial charge in [-0.25, -0.2) is 9.78 Å². The summed E-state index contributed by atoms with van der Waals surface area (Å²) in [6.07, 6.45) is 4.87. The Hall–Kier alpha value is -2.57. The smallest absolute Gasteiger partial charge is 0.358 e. The maximum Gasteiger partial charge on any atom is 0.358 e. The number of carbonyl (C=O) groups excluding carboxylic acids is 1. The zero-order chi connectivity index (χ0) is 16.4. The summed E-state index contributed by atoms with van der Waals surface area (Å²) in [6.45, 7) is 2.99. The third-order valence-electron chi connectivity index (χ3n) is 4.17. The van der Waals surface area contributed by atoms with Crippen molar-refractivity contribution in [3.8, 4) is 0 Å². The van der Waals surface area contributed by atoms with E-state index >= 15 is 0 Å². The number of carboxylic acid groups (broad SMARTS) is 1. The van der Waals surface area contributed by atoms with Crippen molar-refractivity contribution in [2.45, 2.75) is 32.1 Å². The van der Waals surface area contributed by atoms with Crippen LogP contribution in [0.25, 0.3) is 0 Å². The normalized spacial score (nSPS) is 18.1. The summed E-state index contributed by atoms with van der Waals surface area (Å²) < 4.78 is 10.6. The predicted octanol–water partition coefficient (Wildman–Crippen LogP) is 2.55. The zero-order valence-electron chi connectivity index (χ0n) is 12.8. The van der Waals surface area contributed by atoms with Crippen LogP contribution in [0.5, 0.6) is 0 Å². The largest absolute Gasteiger partial charge is 0.476 e. The average molecular weight is 318 g/mol. The minimum absolute atomic E-state index is 0.0677. The monoisotopic (exact) mass is 318 g/mol. The van der Waals surface area contributed by atoms with E-state index in [1.54, 1.807) is 11.0 Å². The molecule has 1 atom stereocenters. The number of likely N-dealkylation sites (tertiary alicyclic amines) is 1. The Morgan fingerprint density at radius 2 is 2.26 bits per heavy atom. The summed E-state index contributed by atoms with van der Waals surface area (Å²) in [7, 11) is 0. The lowest BCUT2D eigenvalue weighted by Gasteiger charge is -2.31. The maximum absolute atomic E-state index is 12.7. The summed E-state index contributed by atoms with van der Waals surface area (Å²) in [4.78, 5) is 29.4. The second kappa shape index (κ2) is 6.28. The molecule has 1 unspecified atom stereocenters. The van der Waals surface area contributed by atoms with Crippen LogP contribution in [-0.4, -0.2) is 40.0 Å². The first-order valence-corrected chi connectivity index (χ1v) is 7.64. The highest BCUT2D eigenvalue weighted by Gasteiger charge is 2.32. The van der Waals surface area contributed by atoms with Gasteiger partial charge in [0.05, 0.1) is 11.8 Å². The second-order valence-electron chi connectivity index (χ2n) is 5.57. The van der Waals surface area contributed by atoms with Crippen molar-refractivity contribution >= 4 is 11.9 Å². The van der Waals surface area contributed by atoms with Gasteiger partial charge in [-0.2, -0.15) is 0 Å². The number of carbonyl (C=O) groups is 2. The van der Waals surface area contributed by atoms with Gasteiger partial charge >= 0.3 is 5.97 Å². The molecule has 3 heterocycles. The molecule has 7 nitrogen and oxygen atoms in total. The molecule has 0 spiro atoms. The highest BCUT2D eigenvalue weighted by atomic mass is 16.4. The number of rotatable bonds is 4. The lowest BCUT2D eigenvalue weighted by molar-refractivity contribution is 0.0681. The minimum atomic E-state index is -1.11. The first-order chi connectivity index (χ1) is 11.1. The number of hydrogen-bond donors (Lipinski definition) is 1. The summed E-state index contributed by atoms with van der Waals surface area (Å²) >= 11 is 0. The van der Waals surface area contributed by atoms with E-state index in [1.165, 1.54) is 6.26 Å². The van der Waals surface area contributed by atoms with Crippen molar-refractivity contribution in [2.75, 3.05) is 13.1 Å². The molecule has 2 aromatic rings.